The van der Waals surface area contributed by atoms with Gasteiger partial charge in [0.2, 0.25) is 0 Å². The molecule has 30 heavy (non-hydrogen) atoms. The molecule has 0 radical (unpaired) electrons. The van der Waals surface area contributed by atoms with Crippen molar-refractivity contribution < 1.29 is 4.79 Å². The van der Waals surface area contributed by atoms with Crippen LogP contribution in [0.25, 0.3) is 22.2 Å². The van der Waals surface area contributed by atoms with Gasteiger partial charge in [0.25, 0.3) is 5.91 Å². The Morgan fingerprint density at radius 3 is 2.60 bits per heavy atom. The third kappa shape index (κ3) is 3.07. The van der Waals surface area contributed by atoms with E-state index in [0.29, 0.717) is 19.1 Å². The molecule has 0 saturated heterocycles. The Balaban J connectivity index is 1.42. The van der Waals surface area contributed by atoms with Gasteiger partial charge >= 0.3 is 0 Å². The van der Waals surface area contributed by atoms with Crippen molar-refractivity contribution in [1.82, 2.24) is 19.4 Å². The number of nitrogens with zero attached hydrogens (tertiary/aromatic N) is 4. The van der Waals surface area contributed by atoms with Gasteiger partial charge in [-0.2, -0.15) is 0 Å². The smallest absolute Gasteiger partial charge is 0.255 e. The van der Waals surface area contributed by atoms with Crippen LogP contribution in [0.2, 0.25) is 0 Å². The molecule has 0 saturated carbocycles. The fourth-order valence-corrected chi connectivity index (χ4v) is 4.45. The topological polar surface area (TPSA) is 51.0 Å². The number of amides is 1. The summed E-state index contributed by atoms with van der Waals surface area (Å²) >= 11 is 0. The Morgan fingerprint density at radius 2 is 1.80 bits per heavy atom. The molecule has 2 aromatic carbocycles. The van der Waals surface area contributed by atoms with Crippen LogP contribution in [0, 0.1) is 0 Å². The lowest BCUT2D eigenvalue weighted by molar-refractivity contribution is 0.0780. The Hall–Kier alpha value is -3.47. The van der Waals surface area contributed by atoms with Gasteiger partial charge in [-0.25, -0.2) is 4.98 Å². The number of pyridine rings is 1. The van der Waals surface area contributed by atoms with Crippen molar-refractivity contribution in [2.75, 3.05) is 6.54 Å². The van der Waals surface area contributed by atoms with Crippen LogP contribution in [0.3, 0.4) is 0 Å². The van der Waals surface area contributed by atoms with Crippen LogP contribution in [0.5, 0.6) is 0 Å². The molecule has 1 aliphatic rings. The molecule has 150 valence electrons. The molecular weight excluding hydrogens is 372 g/mol. The molecule has 3 heterocycles. The number of imidazole rings is 1. The van der Waals surface area contributed by atoms with Crippen molar-refractivity contribution in [2.45, 2.75) is 32.9 Å². The molecular formula is C25H24N4O. The maximum atomic E-state index is 13.3. The predicted octanol–water partition coefficient (Wildman–Crippen LogP) is 4.88. The minimum atomic E-state index is 0.102. The molecule has 0 N–H and O–H groups in total. The fraction of sp³-hybridized carbons (Fsp3) is 0.240. The van der Waals surface area contributed by atoms with Crippen LogP contribution >= 0.6 is 0 Å². The molecule has 0 bridgehead atoms. The highest BCUT2D eigenvalue weighted by molar-refractivity contribution is 6.04. The van der Waals surface area contributed by atoms with E-state index in [4.69, 9.17) is 4.98 Å². The largest absolute Gasteiger partial charge is 0.334 e. The Kier molecular flexibility index (Phi) is 4.58. The molecule has 2 aromatic heterocycles. The minimum Gasteiger partial charge on any atom is -0.334 e. The summed E-state index contributed by atoms with van der Waals surface area (Å²) in [6, 6.07) is 18.6. The lowest BCUT2D eigenvalue weighted by Gasteiger charge is -2.18. The van der Waals surface area contributed by atoms with E-state index in [-0.39, 0.29) is 5.91 Å². The van der Waals surface area contributed by atoms with Crippen LogP contribution in [-0.2, 0) is 13.0 Å². The molecule has 0 fully saturated rings. The number of para-hydroxylation sites is 2. The van der Waals surface area contributed by atoms with E-state index in [9.17, 15) is 4.79 Å². The average Bonchev–Trinajstić information content (AvgIpc) is 3.30. The van der Waals surface area contributed by atoms with E-state index in [2.05, 4.69) is 41.6 Å². The van der Waals surface area contributed by atoms with E-state index in [0.717, 1.165) is 45.5 Å². The van der Waals surface area contributed by atoms with Gasteiger partial charge in [-0.3, -0.25) is 9.78 Å². The molecule has 0 atom stereocenters. The molecule has 5 nitrogen and oxygen atoms in total. The first-order valence-electron chi connectivity index (χ1n) is 10.4. The maximum Gasteiger partial charge on any atom is 0.255 e. The standard InChI is InChI=1S/C25H24N4O/c1-17(2)29-22-9-4-3-8-21(22)27-23(29)12-15-28-16-19-6-5-7-20(24(19)25(28)30)18-10-13-26-14-11-18/h3-11,13-14,17H,12,15-16H2,1-2H3. The quantitative estimate of drug-likeness (QED) is 0.483. The summed E-state index contributed by atoms with van der Waals surface area (Å²) in [5.41, 5.74) is 6.08. The third-order valence-electron chi connectivity index (χ3n) is 5.79. The highest BCUT2D eigenvalue weighted by Crippen LogP contribution is 2.32. The second-order valence-corrected chi connectivity index (χ2v) is 8.03. The second kappa shape index (κ2) is 7.41. The van der Waals surface area contributed by atoms with Gasteiger partial charge in [0.05, 0.1) is 16.6 Å². The summed E-state index contributed by atoms with van der Waals surface area (Å²) < 4.78 is 2.28. The first kappa shape index (κ1) is 18.6. The monoisotopic (exact) mass is 396 g/mol. The molecule has 4 aromatic rings. The average molecular weight is 396 g/mol. The summed E-state index contributed by atoms with van der Waals surface area (Å²) in [4.78, 5) is 24.2. The van der Waals surface area contributed by atoms with Gasteiger partial charge in [0, 0.05) is 37.9 Å². The van der Waals surface area contributed by atoms with E-state index in [1.54, 1.807) is 12.4 Å². The zero-order valence-electron chi connectivity index (χ0n) is 17.2. The highest BCUT2D eigenvalue weighted by Gasteiger charge is 2.30. The number of aromatic nitrogens is 3. The molecule has 1 amide bonds. The van der Waals surface area contributed by atoms with Gasteiger partial charge in [0.15, 0.2) is 0 Å². The highest BCUT2D eigenvalue weighted by atomic mass is 16.2. The first-order chi connectivity index (χ1) is 14.6. The fourth-order valence-electron chi connectivity index (χ4n) is 4.45. The Labute approximate surface area is 176 Å². The first-order valence-corrected chi connectivity index (χ1v) is 10.4. The molecule has 5 heteroatoms. The van der Waals surface area contributed by atoms with Crippen molar-refractivity contribution in [1.29, 1.82) is 0 Å². The molecule has 0 aliphatic carbocycles. The minimum absolute atomic E-state index is 0.102. The number of hydrogen-bond donors (Lipinski definition) is 0. The molecule has 5 rings (SSSR count). The molecule has 0 spiro atoms. The van der Waals surface area contributed by atoms with E-state index < -0.39 is 0 Å². The van der Waals surface area contributed by atoms with E-state index >= 15 is 0 Å². The van der Waals surface area contributed by atoms with Crippen molar-refractivity contribution in [3.63, 3.8) is 0 Å². The van der Waals surface area contributed by atoms with Gasteiger partial charge < -0.3 is 9.47 Å². The SMILES string of the molecule is CC(C)n1c(CCN2Cc3cccc(-c4ccncc4)c3C2=O)nc2ccccc21. The maximum absolute atomic E-state index is 13.3. The van der Waals surface area contributed by atoms with Gasteiger partial charge in [-0.15, -0.1) is 0 Å². The van der Waals surface area contributed by atoms with Crippen LogP contribution in [-0.4, -0.2) is 31.9 Å². The summed E-state index contributed by atoms with van der Waals surface area (Å²) in [7, 11) is 0. The predicted molar refractivity (Wildman–Crippen MR) is 118 cm³/mol. The van der Waals surface area contributed by atoms with Crippen molar-refractivity contribution >= 4 is 16.9 Å². The van der Waals surface area contributed by atoms with Crippen LogP contribution in [0.1, 0.15) is 41.6 Å². The number of fused-ring (bicyclic) bond motifs is 2. The zero-order valence-corrected chi connectivity index (χ0v) is 17.2. The lowest BCUT2D eigenvalue weighted by Crippen LogP contribution is -2.27. The zero-order chi connectivity index (χ0) is 20.7. The van der Waals surface area contributed by atoms with Gasteiger partial charge in [0.1, 0.15) is 5.82 Å². The number of carbonyl (C=O) groups excluding carboxylic acids is 1. The van der Waals surface area contributed by atoms with E-state index in [1.807, 2.05) is 41.3 Å². The van der Waals surface area contributed by atoms with Crippen molar-refractivity contribution in [3.05, 3.63) is 83.9 Å². The third-order valence-corrected chi connectivity index (χ3v) is 5.79. The number of benzene rings is 2. The summed E-state index contributed by atoms with van der Waals surface area (Å²) in [5.74, 6) is 1.13. The summed E-state index contributed by atoms with van der Waals surface area (Å²) in [6.07, 6.45) is 4.27. The summed E-state index contributed by atoms with van der Waals surface area (Å²) in [6.45, 7) is 5.65. The number of rotatable bonds is 5. The number of hydrogen-bond acceptors (Lipinski definition) is 3. The van der Waals surface area contributed by atoms with Crippen LogP contribution in [0.4, 0.5) is 0 Å². The van der Waals surface area contributed by atoms with Gasteiger partial charge in [-0.05, 0) is 54.8 Å². The van der Waals surface area contributed by atoms with Gasteiger partial charge in [-0.1, -0.05) is 30.3 Å². The van der Waals surface area contributed by atoms with Crippen LogP contribution in [0.15, 0.2) is 67.0 Å². The second-order valence-electron chi connectivity index (χ2n) is 8.03. The molecule has 0 unspecified atom stereocenters. The Morgan fingerprint density at radius 1 is 1.00 bits per heavy atom. The Bertz CT molecular complexity index is 1230. The normalized spacial score (nSPS) is 13.4. The summed E-state index contributed by atoms with van der Waals surface area (Å²) in [5, 5.41) is 0. The van der Waals surface area contributed by atoms with Crippen LogP contribution < -0.4 is 0 Å². The van der Waals surface area contributed by atoms with E-state index in [1.165, 1.54) is 0 Å². The lowest BCUT2D eigenvalue weighted by atomic mass is 9.97. The van der Waals surface area contributed by atoms with Crippen molar-refractivity contribution in [2.24, 2.45) is 0 Å². The molecule has 1 aliphatic heterocycles. The van der Waals surface area contributed by atoms with Crippen molar-refractivity contribution in [3.8, 4) is 11.1 Å². The number of carbonyl (C=O) groups is 1.